The molecule has 7 nitrogen and oxygen atoms in total. The van der Waals surface area contributed by atoms with Crippen LogP contribution in [0.25, 0.3) is 0 Å². The number of hydrogen-bond donors (Lipinski definition) is 3. The van der Waals surface area contributed by atoms with Gasteiger partial charge in [-0.3, -0.25) is 9.48 Å². The molecule has 1 aromatic carbocycles. The van der Waals surface area contributed by atoms with E-state index in [0.29, 0.717) is 17.3 Å². The van der Waals surface area contributed by atoms with Gasteiger partial charge in [-0.2, -0.15) is 5.10 Å². The molecule has 2 unspecified atom stereocenters. The van der Waals surface area contributed by atoms with Crippen LogP contribution in [0.1, 0.15) is 45.7 Å². The Bertz CT molecular complexity index is 982. The Balaban J connectivity index is 1.36. The zero-order chi connectivity index (χ0) is 19.7. The molecule has 0 bridgehead atoms. The van der Waals surface area contributed by atoms with Crippen LogP contribution in [0.5, 0.6) is 0 Å². The van der Waals surface area contributed by atoms with Crippen LogP contribution in [0.4, 0.5) is 0 Å². The largest absolute Gasteiger partial charge is 0.454 e. The lowest BCUT2D eigenvalue weighted by Gasteiger charge is -2.11. The Labute approximate surface area is 168 Å². The maximum absolute atomic E-state index is 12.5. The van der Waals surface area contributed by atoms with Crippen molar-refractivity contribution in [3.63, 3.8) is 0 Å². The van der Waals surface area contributed by atoms with Crippen molar-refractivity contribution in [1.82, 2.24) is 25.9 Å². The number of aromatic nitrogens is 2. The summed E-state index contributed by atoms with van der Waals surface area (Å²) < 4.78 is 7.48. The van der Waals surface area contributed by atoms with Crippen molar-refractivity contribution >= 4 is 17.5 Å². The second-order valence-electron chi connectivity index (χ2n) is 6.92. The van der Waals surface area contributed by atoms with Crippen LogP contribution >= 0.6 is 11.6 Å². The number of benzene rings is 1. The van der Waals surface area contributed by atoms with Crippen molar-refractivity contribution in [2.45, 2.75) is 39.0 Å². The highest BCUT2D eigenvalue weighted by Crippen LogP contribution is 2.22. The van der Waals surface area contributed by atoms with Crippen molar-refractivity contribution in [1.29, 1.82) is 0 Å². The van der Waals surface area contributed by atoms with E-state index < -0.39 is 0 Å². The van der Waals surface area contributed by atoms with Crippen LogP contribution in [-0.4, -0.2) is 21.9 Å². The van der Waals surface area contributed by atoms with Gasteiger partial charge in [0.05, 0.1) is 29.1 Å². The second kappa shape index (κ2) is 7.79. The molecule has 1 aliphatic heterocycles. The monoisotopic (exact) mass is 399 g/mol. The van der Waals surface area contributed by atoms with Crippen LogP contribution in [0.15, 0.2) is 46.9 Å². The maximum Gasteiger partial charge on any atom is 0.288 e. The average molecular weight is 400 g/mol. The van der Waals surface area contributed by atoms with Crippen molar-refractivity contribution in [2.75, 3.05) is 0 Å². The summed E-state index contributed by atoms with van der Waals surface area (Å²) in [6.45, 7) is 4.19. The number of rotatable bonds is 5. The molecule has 1 saturated heterocycles. The number of hydrazine groups is 1. The lowest BCUT2D eigenvalue weighted by atomic mass is 10.0. The van der Waals surface area contributed by atoms with Gasteiger partial charge in [-0.05, 0) is 31.5 Å². The van der Waals surface area contributed by atoms with Crippen LogP contribution in [0.2, 0.25) is 5.02 Å². The van der Waals surface area contributed by atoms with Gasteiger partial charge >= 0.3 is 0 Å². The lowest BCUT2D eigenvalue weighted by molar-refractivity contribution is 0.0902. The first kappa shape index (κ1) is 18.7. The highest BCUT2D eigenvalue weighted by Gasteiger charge is 2.27. The molecule has 1 amide bonds. The summed E-state index contributed by atoms with van der Waals surface area (Å²) in [5.74, 6) is 0.658. The first-order valence-electron chi connectivity index (χ1n) is 9.16. The predicted octanol–water partition coefficient (Wildman–Crippen LogP) is 3.09. The highest BCUT2D eigenvalue weighted by molar-refractivity contribution is 6.31. The van der Waals surface area contributed by atoms with E-state index in [2.05, 4.69) is 33.4 Å². The Hall–Kier alpha value is -2.61. The summed E-state index contributed by atoms with van der Waals surface area (Å²) in [4.78, 5) is 12.5. The third kappa shape index (κ3) is 3.82. The van der Waals surface area contributed by atoms with Gasteiger partial charge in [0.1, 0.15) is 5.76 Å². The SMILES string of the molecule is Cc1nn(Cc2ccc(C(=O)NC3CC(c4ccccc4)NN3)o2)c(C)c1Cl. The van der Waals surface area contributed by atoms with Crippen molar-refractivity contribution < 1.29 is 9.21 Å². The van der Waals surface area contributed by atoms with E-state index in [0.717, 1.165) is 17.8 Å². The van der Waals surface area contributed by atoms with Gasteiger partial charge in [0, 0.05) is 12.5 Å². The second-order valence-corrected chi connectivity index (χ2v) is 7.30. The lowest BCUT2D eigenvalue weighted by Crippen LogP contribution is -2.44. The number of carbonyl (C=O) groups excluding carboxylic acids is 1. The molecule has 8 heteroatoms. The Morgan fingerprint density at radius 1 is 1.25 bits per heavy atom. The minimum absolute atomic E-state index is 0.148. The summed E-state index contributed by atoms with van der Waals surface area (Å²) in [7, 11) is 0. The molecule has 0 radical (unpaired) electrons. The third-order valence-electron chi connectivity index (χ3n) is 4.89. The zero-order valence-corrected chi connectivity index (χ0v) is 16.5. The van der Waals surface area contributed by atoms with Gasteiger partial charge in [0.2, 0.25) is 0 Å². The van der Waals surface area contributed by atoms with E-state index in [-0.39, 0.29) is 23.9 Å². The van der Waals surface area contributed by atoms with E-state index in [1.54, 1.807) is 16.8 Å². The number of hydrogen-bond acceptors (Lipinski definition) is 5. The van der Waals surface area contributed by atoms with Crippen LogP contribution < -0.4 is 16.2 Å². The number of halogens is 1. The summed E-state index contributed by atoms with van der Waals surface area (Å²) in [5, 5.41) is 7.98. The third-order valence-corrected chi connectivity index (χ3v) is 5.44. The van der Waals surface area contributed by atoms with Crippen LogP contribution in [-0.2, 0) is 6.54 Å². The topological polar surface area (TPSA) is 84.1 Å². The molecule has 146 valence electrons. The number of nitrogens with one attached hydrogen (secondary N) is 3. The normalized spacial score (nSPS) is 19.1. The fourth-order valence-corrected chi connectivity index (χ4v) is 3.48. The molecule has 0 spiro atoms. The molecule has 28 heavy (non-hydrogen) atoms. The molecule has 2 atom stereocenters. The summed E-state index contributed by atoms with van der Waals surface area (Å²) in [5.41, 5.74) is 9.15. The minimum atomic E-state index is -0.259. The highest BCUT2D eigenvalue weighted by atomic mass is 35.5. The van der Waals surface area contributed by atoms with Gasteiger partial charge in [0.25, 0.3) is 5.91 Å². The summed E-state index contributed by atoms with van der Waals surface area (Å²) >= 11 is 6.18. The summed E-state index contributed by atoms with van der Waals surface area (Å²) in [6, 6.07) is 13.7. The van der Waals surface area contributed by atoms with Crippen molar-refractivity contribution in [3.05, 3.63) is 76.0 Å². The van der Waals surface area contributed by atoms with Crippen molar-refractivity contribution in [3.8, 4) is 0 Å². The number of aryl methyl sites for hydroxylation is 1. The zero-order valence-electron chi connectivity index (χ0n) is 15.7. The van der Waals surface area contributed by atoms with Crippen LogP contribution in [0, 0.1) is 13.8 Å². The Kier molecular flexibility index (Phi) is 5.21. The molecular formula is C20H22ClN5O2. The van der Waals surface area contributed by atoms with E-state index in [9.17, 15) is 4.79 Å². The average Bonchev–Trinajstić information content (AvgIpc) is 3.41. The predicted molar refractivity (Wildman–Crippen MR) is 106 cm³/mol. The van der Waals surface area contributed by atoms with Crippen molar-refractivity contribution in [2.24, 2.45) is 0 Å². The quantitative estimate of drug-likeness (QED) is 0.614. The first-order valence-corrected chi connectivity index (χ1v) is 9.54. The number of amides is 1. The van der Waals surface area contributed by atoms with E-state index in [4.69, 9.17) is 16.0 Å². The fraction of sp³-hybridized carbons (Fsp3) is 0.300. The molecule has 2 aromatic heterocycles. The number of nitrogens with zero attached hydrogens (tertiary/aromatic N) is 2. The molecule has 0 aliphatic carbocycles. The molecule has 1 fully saturated rings. The maximum atomic E-state index is 12.5. The van der Waals surface area contributed by atoms with Gasteiger partial charge in [-0.15, -0.1) is 0 Å². The molecule has 4 rings (SSSR count). The number of furan rings is 1. The number of carbonyl (C=O) groups is 1. The van der Waals surface area contributed by atoms with Gasteiger partial charge in [0.15, 0.2) is 5.76 Å². The first-order chi connectivity index (χ1) is 13.5. The van der Waals surface area contributed by atoms with E-state index in [1.165, 1.54) is 5.56 Å². The molecule has 0 saturated carbocycles. The molecule has 1 aliphatic rings. The van der Waals surface area contributed by atoms with Crippen LogP contribution in [0.3, 0.4) is 0 Å². The standard InChI is InChI=1S/C20H22ClN5O2/c1-12-19(21)13(2)26(25-12)11-15-8-9-17(28-15)20(27)22-18-10-16(23-24-18)14-6-4-3-5-7-14/h3-9,16,18,23-24H,10-11H2,1-2H3,(H,22,27). The van der Waals surface area contributed by atoms with Gasteiger partial charge < -0.3 is 9.73 Å². The minimum Gasteiger partial charge on any atom is -0.454 e. The smallest absolute Gasteiger partial charge is 0.288 e. The van der Waals surface area contributed by atoms with E-state index >= 15 is 0 Å². The summed E-state index contributed by atoms with van der Waals surface area (Å²) in [6.07, 6.45) is 0.564. The Morgan fingerprint density at radius 2 is 2.04 bits per heavy atom. The van der Waals surface area contributed by atoms with E-state index in [1.807, 2.05) is 32.0 Å². The van der Waals surface area contributed by atoms with Gasteiger partial charge in [-0.25, -0.2) is 10.9 Å². The van der Waals surface area contributed by atoms with Gasteiger partial charge in [-0.1, -0.05) is 41.9 Å². The molecule has 3 aromatic rings. The Morgan fingerprint density at radius 3 is 2.75 bits per heavy atom. The fourth-order valence-electron chi connectivity index (χ4n) is 3.35. The molecule has 3 heterocycles. The molecular weight excluding hydrogens is 378 g/mol. The molecule has 3 N–H and O–H groups in total.